The molecule has 15 heavy (non-hydrogen) atoms. The first-order valence-corrected chi connectivity index (χ1v) is 5.87. The van der Waals surface area contributed by atoms with Crippen LogP contribution in [0.1, 0.15) is 19.5 Å². The maximum Gasteiger partial charge on any atom is 0.197 e. The fourth-order valence-corrected chi connectivity index (χ4v) is 2.06. The highest BCUT2D eigenvalue weighted by atomic mass is 79.9. The van der Waals surface area contributed by atoms with Crippen molar-refractivity contribution in [3.05, 3.63) is 34.7 Å². The van der Waals surface area contributed by atoms with Gasteiger partial charge in [-0.3, -0.25) is 0 Å². The second kappa shape index (κ2) is 4.27. The van der Waals surface area contributed by atoms with Crippen molar-refractivity contribution in [2.75, 3.05) is 0 Å². The second-order valence-electron chi connectivity index (χ2n) is 4.05. The molecule has 1 aromatic carbocycles. The molecule has 78 valence electrons. The van der Waals surface area contributed by atoms with E-state index in [1.165, 1.54) is 0 Å². The maximum absolute atomic E-state index is 4.45. The number of halogens is 1. The largest absolute Gasteiger partial charge is 0.227 e. The minimum Gasteiger partial charge on any atom is -0.227 e. The van der Waals surface area contributed by atoms with E-state index in [-0.39, 0.29) is 0 Å². The topological polar surface area (TPSA) is 25.8 Å². The molecular formula is C12H13BrN2. The van der Waals surface area contributed by atoms with Crippen LogP contribution in [0.15, 0.2) is 29.0 Å². The zero-order chi connectivity index (χ0) is 10.8. The molecule has 0 aliphatic rings. The molecule has 0 atom stereocenters. The van der Waals surface area contributed by atoms with Gasteiger partial charge in [-0.05, 0) is 34.3 Å². The van der Waals surface area contributed by atoms with Gasteiger partial charge in [0.05, 0.1) is 11.2 Å². The van der Waals surface area contributed by atoms with Crippen LogP contribution in [0.2, 0.25) is 0 Å². The van der Waals surface area contributed by atoms with Crippen LogP contribution in [-0.4, -0.2) is 9.97 Å². The summed E-state index contributed by atoms with van der Waals surface area (Å²) in [6, 6.07) is 8.13. The third kappa shape index (κ3) is 2.34. The Balaban J connectivity index is 2.60. The molecule has 3 heteroatoms. The van der Waals surface area contributed by atoms with Crippen molar-refractivity contribution < 1.29 is 0 Å². The van der Waals surface area contributed by atoms with E-state index in [4.69, 9.17) is 0 Å². The average molecular weight is 265 g/mol. The number of nitrogens with zero attached hydrogens (tertiary/aromatic N) is 2. The second-order valence-corrected chi connectivity index (χ2v) is 4.76. The molecule has 2 rings (SSSR count). The van der Waals surface area contributed by atoms with Crippen molar-refractivity contribution in [3.63, 3.8) is 0 Å². The molecule has 0 spiro atoms. The zero-order valence-electron chi connectivity index (χ0n) is 8.87. The van der Waals surface area contributed by atoms with E-state index in [1.54, 1.807) is 0 Å². The first-order valence-electron chi connectivity index (χ1n) is 5.08. The Bertz CT molecular complexity index is 480. The first kappa shape index (κ1) is 10.6. The lowest BCUT2D eigenvalue weighted by molar-refractivity contribution is 0.637. The van der Waals surface area contributed by atoms with Crippen LogP contribution in [0.3, 0.4) is 0 Å². The molecular weight excluding hydrogens is 252 g/mol. The molecule has 0 unspecified atom stereocenters. The zero-order valence-corrected chi connectivity index (χ0v) is 10.5. The quantitative estimate of drug-likeness (QED) is 0.775. The Morgan fingerprint density at radius 1 is 1.20 bits per heavy atom. The van der Waals surface area contributed by atoms with Crippen molar-refractivity contribution in [1.29, 1.82) is 0 Å². The summed E-state index contributed by atoms with van der Waals surface area (Å²) in [5, 5.41) is 1.16. The van der Waals surface area contributed by atoms with Gasteiger partial charge < -0.3 is 0 Å². The smallest absolute Gasteiger partial charge is 0.197 e. The number of hydrogen-bond donors (Lipinski definition) is 0. The fourth-order valence-electron chi connectivity index (χ4n) is 1.65. The molecule has 1 heterocycles. The van der Waals surface area contributed by atoms with Crippen LogP contribution in [0.4, 0.5) is 0 Å². The van der Waals surface area contributed by atoms with Crippen LogP contribution < -0.4 is 0 Å². The average Bonchev–Trinajstić information content (AvgIpc) is 2.16. The van der Waals surface area contributed by atoms with Gasteiger partial charge >= 0.3 is 0 Å². The lowest BCUT2D eigenvalue weighted by Gasteiger charge is -2.07. The molecule has 0 aliphatic carbocycles. The molecule has 1 aromatic heterocycles. The number of para-hydroxylation sites is 1. The Labute approximate surface area is 97.9 Å². The summed E-state index contributed by atoms with van der Waals surface area (Å²) in [4.78, 5) is 8.80. The third-order valence-electron chi connectivity index (χ3n) is 2.26. The Morgan fingerprint density at radius 2 is 1.93 bits per heavy atom. The Hall–Kier alpha value is -0.960. The van der Waals surface area contributed by atoms with Gasteiger partial charge in [0.2, 0.25) is 0 Å². The Morgan fingerprint density at radius 3 is 2.67 bits per heavy atom. The van der Waals surface area contributed by atoms with E-state index in [2.05, 4.69) is 45.8 Å². The number of fused-ring (bicyclic) bond motifs is 1. The minimum absolute atomic E-state index is 0.607. The van der Waals surface area contributed by atoms with Gasteiger partial charge in [0, 0.05) is 5.39 Å². The van der Waals surface area contributed by atoms with Crippen molar-refractivity contribution in [2.45, 2.75) is 20.3 Å². The summed E-state index contributed by atoms with van der Waals surface area (Å²) in [7, 11) is 0. The van der Waals surface area contributed by atoms with Crippen LogP contribution in [-0.2, 0) is 6.42 Å². The minimum atomic E-state index is 0.607. The summed E-state index contributed by atoms with van der Waals surface area (Å²) in [5.41, 5.74) is 2.14. The molecule has 0 bridgehead atoms. The van der Waals surface area contributed by atoms with Gasteiger partial charge in [0.1, 0.15) is 0 Å². The van der Waals surface area contributed by atoms with Crippen LogP contribution in [0.25, 0.3) is 10.9 Å². The highest BCUT2D eigenvalue weighted by Gasteiger charge is 2.07. The predicted molar refractivity (Wildman–Crippen MR) is 65.8 cm³/mol. The molecule has 0 radical (unpaired) electrons. The predicted octanol–water partition coefficient (Wildman–Crippen LogP) is 3.59. The number of hydrogen-bond acceptors (Lipinski definition) is 2. The normalized spacial score (nSPS) is 11.2. The molecule has 0 N–H and O–H groups in total. The van der Waals surface area contributed by atoms with Gasteiger partial charge in [-0.15, -0.1) is 0 Å². The van der Waals surface area contributed by atoms with Gasteiger partial charge in [0.25, 0.3) is 0 Å². The molecule has 2 nitrogen and oxygen atoms in total. The third-order valence-corrected chi connectivity index (χ3v) is 2.61. The molecule has 0 aliphatic heterocycles. The summed E-state index contributed by atoms with van der Waals surface area (Å²) in [6.07, 6.45) is 0.988. The summed E-state index contributed by atoms with van der Waals surface area (Å²) < 4.78 is 0.678. The van der Waals surface area contributed by atoms with Gasteiger partial charge in [-0.2, -0.15) is 0 Å². The van der Waals surface area contributed by atoms with Crippen molar-refractivity contribution in [1.82, 2.24) is 9.97 Å². The van der Waals surface area contributed by atoms with Crippen molar-refractivity contribution in [2.24, 2.45) is 5.92 Å². The molecule has 2 aromatic rings. The fraction of sp³-hybridized carbons (Fsp3) is 0.333. The molecule has 0 fully saturated rings. The SMILES string of the molecule is CC(C)Cc1nc(Br)nc2ccccc12. The highest BCUT2D eigenvalue weighted by molar-refractivity contribution is 9.10. The monoisotopic (exact) mass is 264 g/mol. The van der Waals surface area contributed by atoms with E-state index in [9.17, 15) is 0 Å². The standard InChI is InChI=1S/C12H13BrN2/c1-8(2)7-11-9-5-3-4-6-10(9)14-12(13)15-11/h3-6,8H,7H2,1-2H3. The summed E-state index contributed by atoms with van der Waals surface area (Å²) in [5.74, 6) is 0.607. The van der Waals surface area contributed by atoms with Gasteiger partial charge in [-0.25, -0.2) is 9.97 Å². The maximum atomic E-state index is 4.45. The molecule has 0 amide bonds. The van der Waals surface area contributed by atoms with E-state index in [0.717, 1.165) is 23.0 Å². The van der Waals surface area contributed by atoms with Gasteiger partial charge in [-0.1, -0.05) is 32.0 Å². The number of rotatable bonds is 2. The lowest BCUT2D eigenvalue weighted by atomic mass is 10.0. The molecule has 0 saturated carbocycles. The van der Waals surface area contributed by atoms with Gasteiger partial charge in [0.15, 0.2) is 4.73 Å². The van der Waals surface area contributed by atoms with Crippen molar-refractivity contribution in [3.8, 4) is 0 Å². The summed E-state index contributed by atoms with van der Waals surface area (Å²) in [6.45, 7) is 4.40. The van der Waals surface area contributed by atoms with Crippen LogP contribution in [0.5, 0.6) is 0 Å². The Kier molecular flexibility index (Phi) is 3.00. The lowest BCUT2D eigenvalue weighted by Crippen LogP contribution is -2.00. The first-order chi connectivity index (χ1) is 7.16. The van der Waals surface area contributed by atoms with E-state index in [1.807, 2.05) is 18.2 Å². The van der Waals surface area contributed by atoms with E-state index < -0.39 is 0 Å². The summed E-state index contributed by atoms with van der Waals surface area (Å²) >= 11 is 3.35. The van der Waals surface area contributed by atoms with Crippen molar-refractivity contribution >= 4 is 26.8 Å². The van der Waals surface area contributed by atoms with Crippen LogP contribution in [0, 0.1) is 5.92 Å². The number of aromatic nitrogens is 2. The highest BCUT2D eigenvalue weighted by Crippen LogP contribution is 2.20. The van der Waals surface area contributed by atoms with E-state index >= 15 is 0 Å². The molecule has 0 saturated heterocycles. The van der Waals surface area contributed by atoms with E-state index in [0.29, 0.717) is 10.7 Å². The van der Waals surface area contributed by atoms with Crippen LogP contribution >= 0.6 is 15.9 Å². The number of benzene rings is 1.